The molecule has 0 radical (unpaired) electrons. The molecule has 180 valence electrons. The van der Waals surface area contributed by atoms with Crippen molar-refractivity contribution in [1.29, 1.82) is 0 Å². The van der Waals surface area contributed by atoms with Gasteiger partial charge in [0.1, 0.15) is 6.10 Å². The minimum atomic E-state index is -1.18. The van der Waals surface area contributed by atoms with E-state index in [0.29, 0.717) is 34.6 Å². The molecule has 0 spiro atoms. The molecule has 2 fully saturated rings. The third kappa shape index (κ3) is 4.23. The highest BCUT2D eigenvalue weighted by molar-refractivity contribution is 7.99. The summed E-state index contributed by atoms with van der Waals surface area (Å²) < 4.78 is 1.54. The van der Waals surface area contributed by atoms with E-state index in [1.807, 2.05) is 32.0 Å². The summed E-state index contributed by atoms with van der Waals surface area (Å²) in [5.41, 5.74) is 2.29. The first-order valence-corrected chi connectivity index (χ1v) is 12.7. The number of nitrogens with zero attached hydrogens (tertiary/aromatic N) is 5. The Kier molecular flexibility index (Phi) is 6.41. The van der Waals surface area contributed by atoms with Crippen molar-refractivity contribution in [1.82, 2.24) is 30.3 Å². The Morgan fingerprint density at radius 3 is 2.68 bits per heavy atom. The lowest BCUT2D eigenvalue weighted by Gasteiger charge is -2.17. The average molecular weight is 484 g/mol. The molecule has 2 unspecified atom stereocenters. The number of fused-ring (bicyclic) bond motifs is 1. The summed E-state index contributed by atoms with van der Waals surface area (Å²) in [5, 5.41) is 36.7. The number of carbonyl (C=O) groups is 1. The third-order valence-electron chi connectivity index (χ3n) is 6.57. The van der Waals surface area contributed by atoms with Crippen LogP contribution in [0.2, 0.25) is 0 Å². The van der Waals surface area contributed by atoms with Gasteiger partial charge in [-0.2, -0.15) is 0 Å². The second kappa shape index (κ2) is 9.47. The maximum atomic E-state index is 12.4. The smallest absolute Gasteiger partial charge is 0.225 e. The second-order valence-electron chi connectivity index (χ2n) is 8.78. The van der Waals surface area contributed by atoms with Crippen molar-refractivity contribution in [2.45, 2.75) is 62.1 Å². The lowest BCUT2D eigenvalue weighted by Crippen LogP contribution is -2.38. The Hall–Kier alpha value is -2.76. The van der Waals surface area contributed by atoms with Gasteiger partial charge in [0, 0.05) is 18.5 Å². The maximum absolute atomic E-state index is 12.4. The first-order valence-electron chi connectivity index (χ1n) is 11.7. The number of hydrogen-bond donors (Lipinski definition) is 4. The molecule has 1 amide bonds. The summed E-state index contributed by atoms with van der Waals surface area (Å²) in [7, 11) is 0. The van der Waals surface area contributed by atoms with E-state index in [1.54, 1.807) is 0 Å². The number of rotatable bonds is 8. The van der Waals surface area contributed by atoms with Gasteiger partial charge in [-0.15, -0.1) is 5.10 Å². The van der Waals surface area contributed by atoms with Crippen molar-refractivity contribution >= 4 is 34.7 Å². The Balaban J connectivity index is 1.45. The molecule has 5 rings (SSSR count). The van der Waals surface area contributed by atoms with Crippen molar-refractivity contribution in [3.8, 4) is 0 Å². The summed E-state index contributed by atoms with van der Waals surface area (Å²) in [5.74, 6) is 0.825. The quantitative estimate of drug-likeness (QED) is 0.279. The fourth-order valence-electron chi connectivity index (χ4n) is 4.74. The number of amides is 1. The highest BCUT2D eigenvalue weighted by atomic mass is 32.2. The maximum Gasteiger partial charge on any atom is 0.225 e. The first-order chi connectivity index (χ1) is 16.5. The number of benzene rings is 1. The zero-order chi connectivity index (χ0) is 23.8. The van der Waals surface area contributed by atoms with Crippen LogP contribution in [-0.2, 0) is 4.79 Å². The molecular weight excluding hydrogens is 454 g/mol. The molecule has 0 bridgehead atoms. The van der Waals surface area contributed by atoms with Gasteiger partial charge in [-0.25, -0.2) is 14.6 Å². The number of aromatic nitrogens is 5. The fraction of sp³-hybridized carbons (Fsp3) is 0.522. The van der Waals surface area contributed by atoms with E-state index in [-0.39, 0.29) is 18.4 Å². The average Bonchev–Trinajstić information content (AvgIpc) is 3.38. The molecule has 6 atom stereocenters. The fourth-order valence-corrected chi connectivity index (χ4v) is 5.31. The van der Waals surface area contributed by atoms with E-state index < -0.39 is 24.2 Å². The zero-order valence-corrected chi connectivity index (χ0v) is 19.9. The van der Waals surface area contributed by atoms with Gasteiger partial charge < -0.3 is 20.8 Å². The highest BCUT2D eigenvalue weighted by Crippen LogP contribution is 2.43. The largest absolute Gasteiger partial charge is 0.390 e. The SMILES string of the molecule is CCNC(=O)[C@@H]1C[C@H](n2nnc3c(NC4CC4c4ccccc4)nc(SCC)nc32)[C@@H](O)[C@H]1O. The van der Waals surface area contributed by atoms with Crippen LogP contribution in [0.3, 0.4) is 0 Å². The monoisotopic (exact) mass is 483 g/mol. The van der Waals surface area contributed by atoms with Gasteiger partial charge in [-0.3, -0.25) is 4.79 Å². The molecule has 3 aromatic rings. The van der Waals surface area contributed by atoms with Gasteiger partial charge in [0.15, 0.2) is 22.1 Å². The number of hydrogen-bond acceptors (Lipinski definition) is 9. The van der Waals surface area contributed by atoms with Crippen LogP contribution >= 0.6 is 11.8 Å². The van der Waals surface area contributed by atoms with E-state index in [0.717, 1.165) is 12.2 Å². The summed E-state index contributed by atoms with van der Waals surface area (Å²) in [6, 6.07) is 10.00. The van der Waals surface area contributed by atoms with Crippen LogP contribution in [0, 0.1) is 5.92 Å². The van der Waals surface area contributed by atoms with Crippen LogP contribution in [0.5, 0.6) is 0 Å². The minimum Gasteiger partial charge on any atom is -0.390 e. The Morgan fingerprint density at radius 2 is 1.94 bits per heavy atom. The number of carbonyl (C=O) groups excluding carboxylic acids is 1. The molecular formula is C23H29N7O3S. The van der Waals surface area contributed by atoms with Crippen molar-refractivity contribution < 1.29 is 15.0 Å². The van der Waals surface area contributed by atoms with Gasteiger partial charge in [-0.05, 0) is 31.1 Å². The Bertz CT molecular complexity index is 1170. The van der Waals surface area contributed by atoms with Crippen LogP contribution in [-0.4, -0.2) is 71.6 Å². The van der Waals surface area contributed by atoms with E-state index in [2.05, 4.69) is 43.0 Å². The summed E-state index contributed by atoms with van der Waals surface area (Å²) >= 11 is 1.51. The highest BCUT2D eigenvalue weighted by Gasteiger charge is 2.47. The summed E-state index contributed by atoms with van der Waals surface area (Å²) in [6.07, 6.45) is -1.09. The van der Waals surface area contributed by atoms with E-state index in [1.165, 1.54) is 22.0 Å². The van der Waals surface area contributed by atoms with Crippen molar-refractivity contribution in [2.24, 2.45) is 5.92 Å². The standard InChI is InChI=1S/C23H29N7O3S/c1-3-24-22(33)14-11-16(19(32)18(14)31)30-21-17(28-29-30)20(26-23(27-21)34-4-2)25-15-10-13(15)12-8-6-5-7-9-12/h5-9,13-16,18-19,31-32H,3-4,10-11H2,1-2H3,(H,24,33)(H,25,26,27)/t13?,14-,15?,16+,18+,19-/m1/s1. The normalized spacial score (nSPS) is 28.2. The molecule has 1 aromatic carbocycles. The van der Waals surface area contributed by atoms with Gasteiger partial charge in [0.25, 0.3) is 0 Å². The van der Waals surface area contributed by atoms with E-state index >= 15 is 0 Å². The van der Waals surface area contributed by atoms with E-state index in [9.17, 15) is 15.0 Å². The molecule has 0 saturated heterocycles. The molecule has 2 saturated carbocycles. The number of anilines is 1. The summed E-state index contributed by atoms with van der Waals surface area (Å²) in [6.45, 7) is 4.31. The van der Waals surface area contributed by atoms with Crippen molar-refractivity contribution in [3.05, 3.63) is 35.9 Å². The zero-order valence-electron chi connectivity index (χ0n) is 19.1. The molecule has 34 heavy (non-hydrogen) atoms. The van der Waals surface area contributed by atoms with Crippen molar-refractivity contribution in [3.63, 3.8) is 0 Å². The number of aliphatic hydroxyl groups excluding tert-OH is 2. The van der Waals surface area contributed by atoms with Crippen molar-refractivity contribution in [2.75, 3.05) is 17.6 Å². The van der Waals surface area contributed by atoms with Gasteiger partial charge in [-0.1, -0.05) is 54.2 Å². The Morgan fingerprint density at radius 1 is 1.15 bits per heavy atom. The molecule has 2 heterocycles. The molecule has 4 N–H and O–H groups in total. The number of nitrogens with one attached hydrogen (secondary N) is 2. The van der Waals surface area contributed by atoms with Crippen LogP contribution < -0.4 is 10.6 Å². The molecule has 0 aliphatic heterocycles. The van der Waals surface area contributed by atoms with Crippen LogP contribution in [0.15, 0.2) is 35.5 Å². The molecule has 10 nitrogen and oxygen atoms in total. The minimum absolute atomic E-state index is 0.242. The van der Waals surface area contributed by atoms with Gasteiger partial charge in [0.05, 0.1) is 18.1 Å². The molecule has 2 aliphatic rings. The Labute approximate surface area is 201 Å². The number of thioether (sulfide) groups is 1. The second-order valence-corrected chi connectivity index (χ2v) is 10.0. The van der Waals surface area contributed by atoms with Crippen LogP contribution in [0.25, 0.3) is 11.2 Å². The lowest BCUT2D eigenvalue weighted by atomic mass is 10.0. The molecule has 2 aromatic heterocycles. The topological polar surface area (TPSA) is 138 Å². The number of aliphatic hydroxyl groups is 2. The predicted molar refractivity (Wildman–Crippen MR) is 129 cm³/mol. The van der Waals surface area contributed by atoms with E-state index in [4.69, 9.17) is 0 Å². The molecule has 2 aliphatic carbocycles. The van der Waals surface area contributed by atoms with Gasteiger partial charge in [0.2, 0.25) is 5.91 Å². The van der Waals surface area contributed by atoms with Crippen LogP contribution in [0.4, 0.5) is 5.82 Å². The summed E-state index contributed by atoms with van der Waals surface area (Å²) in [4.78, 5) is 21.7. The molecule has 11 heteroatoms. The van der Waals surface area contributed by atoms with Crippen LogP contribution in [0.1, 0.15) is 44.2 Å². The first kappa shape index (κ1) is 23.0. The van der Waals surface area contributed by atoms with Gasteiger partial charge >= 0.3 is 0 Å². The predicted octanol–water partition coefficient (Wildman–Crippen LogP) is 1.72. The third-order valence-corrected chi connectivity index (χ3v) is 7.30. The lowest BCUT2D eigenvalue weighted by molar-refractivity contribution is -0.128.